The zero-order valence-electron chi connectivity index (χ0n) is 19.4. The van der Waals surface area contributed by atoms with Gasteiger partial charge in [-0.1, -0.05) is 67.6 Å². The minimum atomic E-state index is -0.595. The van der Waals surface area contributed by atoms with Crippen molar-refractivity contribution < 1.29 is 4.79 Å². The highest BCUT2D eigenvalue weighted by Crippen LogP contribution is 2.22. The van der Waals surface area contributed by atoms with Crippen molar-refractivity contribution in [1.29, 1.82) is 0 Å². The number of anilines is 2. The second kappa shape index (κ2) is 10.4. The van der Waals surface area contributed by atoms with Gasteiger partial charge in [0.05, 0.1) is 13.1 Å². The van der Waals surface area contributed by atoms with Crippen LogP contribution in [-0.4, -0.2) is 40.0 Å². The fourth-order valence-electron chi connectivity index (χ4n) is 4.35. The van der Waals surface area contributed by atoms with Crippen molar-refractivity contribution in [3.63, 3.8) is 0 Å². The number of likely N-dealkylation sites (tertiary alicyclic amines) is 1. The molecule has 0 spiro atoms. The topological polar surface area (TPSA) is 104 Å². The molecule has 8 nitrogen and oxygen atoms in total. The van der Waals surface area contributed by atoms with Crippen LogP contribution >= 0.6 is 0 Å². The summed E-state index contributed by atoms with van der Waals surface area (Å²) in [6, 6.07) is 19.0. The Hall–Kier alpha value is -3.81. The predicted octanol–water partition coefficient (Wildman–Crippen LogP) is 2.43. The number of H-pyrrole nitrogens is 1. The number of benzene rings is 2. The van der Waals surface area contributed by atoms with Gasteiger partial charge in [-0.3, -0.25) is 19.1 Å². The highest BCUT2D eigenvalue weighted by atomic mass is 16.2. The van der Waals surface area contributed by atoms with Gasteiger partial charge in [-0.25, -0.2) is 4.79 Å². The van der Waals surface area contributed by atoms with E-state index in [1.54, 1.807) is 4.90 Å². The summed E-state index contributed by atoms with van der Waals surface area (Å²) in [7, 11) is 0. The van der Waals surface area contributed by atoms with Crippen molar-refractivity contribution >= 4 is 17.4 Å². The predicted molar refractivity (Wildman–Crippen MR) is 134 cm³/mol. The monoisotopic (exact) mass is 461 g/mol. The van der Waals surface area contributed by atoms with Crippen molar-refractivity contribution in [2.45, 2.75) is 32.9 Å². The molecule has 3 N–H and O–H groups in total. The molecule has 178 valence electrons. The molecular formula is C26H31N5O3. The number of amides is 1. The number of nitrogens with zero attached hydrogens (tertiary/aromatic N) is 3. The summed E-state index contributed by atoms with van der Waals surface area (Å²) >= 11 is 0. The van der Waals surface area contributed by atoms with Crippen LogP contribution < -0.4 is 21.9 Å². The van der Waals surface area contributed by atoms with Crippen molar-refractivity contribution in [3.8, 4) is 0 Å². The zero-order valence-corrected chi connectivity index (χ0v) is 19.4. The number of carbonyl (C=O) groups excluding carboxylic acids is 1. The molecule has 0 bridgehead atoms. The van der Waals surface area contributed by atoms with Gasteiger partial charge in [0, 0.05) is 19.6 Å². The van der Waals surface area contributed by atoms with Gasteiger partial charge in [-0.2, -0.15) is 0 Å². The van der Waals surface area contributed by atoms with Gasteiger partial charge < -0.3 is 15.5 Å². The average Bonchev–Trinajstić information content (AvgIpc) is 2.83. The average molecular weight is 462 g/mol. The Kier molecular flexibility index (Phi) is 7.15. The fraction of sp³-hybridized carbons (Fsp3) is 0.346. The maximum Gasteiger partial charge on any atom is 0.330 e. The van der Waals surface area contributed by atoms with Crippen molar-refractivity contribution in [3.05, 3.63) is 92.6 Å². The lowest BCUT2D eigenvalue weighted by Crippen LogP contribution is -2.46. The highest BCUT2D eigenvalue weighted by molar-refractivity contribution is 5.82. The molecule has 4 rings (SSSR count). The molecule has 1 amide bonds. The first-order chi connectivity index (χ1) is 16.4. The zero-order chi connectivity index (χ0) is 24.1. The van der Waals surface area contributed by atoms with Crippen LogP contribution in [0, 0.1) is 5.92 Å². The van der Waals surface area contributed by atoms with Crippen molar-refractivity contribution in [1.82, 2.24) is 14.5 Å². The Bertz CT molecular complexity index is 1230. The molecule has 34 heavy (non-hydrogen) atoms. The fourth-order valence-corrected chi connectivity index (χ4v) is 4.35. The number of piperidine rings is 1. The van der Waals surface area contributed by atoms with E-state index in [1.165, 1.54) is 4.57 Å². The van der Waals surface area contributed by atoms with E-state index in [1.807, 2.05) is 65.6 Å². The number of aromatic nitrogens is 2. The van der Waals surface area contributed by atoms with E-state index in [2.05, 4.69) is 11.9 Å². The molecule has 1 aliphatic heterocycles. The number of rotatable bonds is 7. The van der Waals surface area contributed by atoms with Gasteiger partial charge in [0.1, 0.15) is 11.5 Å². The first kappa shape index (κ1) is 23.4. The summed E-state index contributed by atoms with van der Waals surface area (Å²) in [6.07, 6.45) is 1.93. The molecule has 0 radical (unpaired) electrons. The van der Waals surface area contributed by atoms with Gasteiger partial charge in [0.25, 0.3) is 5.56 Å². The summed E-state index contributed by atoms with van der Waals surface area (Å²) in [5.74, 6) is 0.598. The van der Waals surface area contributed by atoms with E-state index in [-0.39, 0.29) is 30.5 Å². The maximum atomic E-state index is 13.2. The van der Waals surface area contributed by atoms with Crippen LogP contribution in [0.4, 0.5) is 11.5 Å². The first-order valence-electron chi connectivity index (χ1n) is 11.7. The lowest BCUT2D eigenvalue weighted by atomic mass is 9.99. The summed E-state index contributed by atoms with van der Waals surface area (Å²) in [4.78, 5) is 44.8. The summed E-state index contributed by atoms with van der Waals surface area (Å²) < 4.78 is 1.34. The molecule has 1 aromatic heterocycles. The second-order valence-electron chi connectivity index (χ2n) is 8.97. The Balaban J connectivity index is 1.70. The van der Waals surface area contributed by atoms with Crippen molar-refractivity contribution in [2.75, 3.05) is 30.3 Å². The summed E-state index contributed by atoms with van der Waals surface area (Å²) in [6.45, 7) is 4.14. The van der Waals surface area contributed by atoms with Gasteiger partial charge >= 0.3 is 5.69 Å². The molecule has 3 aromatic rings. The van der Waals surface area contributed by atoms with Gasteiger partial charge in [-0.05, 0) is 29.9 Å². The van der Waals surface area contributed by atoms with Crippen LogP contribution in [0.1, 0.15) is 30.9 Å². The second-order valence-corrected chi connectivity index (χ2v) is 8.97. The molecule has 8 heteroatoms. The number of nitrogen functional groups attached to an aromatic ring is 1. The maximum absolute atomic E-state index is 13.2. The van der Waals surface area contributed by atoms with Crippen LogP contribution in [0.25, 0.3) is 0 Å². The smallest absolute Gasteiger partial charge is 0.330 e. The molecule has 0 atom stereocenters. The normalized spacial score (nSPS) is 14.2. The van der Waals surface area contributed by atoms with Crippen LogP contribution in [0.2, 0.25) is 0 Å². The SMILES string of the molecule is CC1CCN(C(=O)CN(Cc2ccccc2)c2c(N)n(Cc3ccccc3)c(=O)[nH]c2=O)CC1. The van der Waals surface area contributed by atoms with Crippen LogP contribution in [-0.2, 0) is 17.9 Å². The Labute approximate surface area is 198 Å². The van der Waals surface area contributed by atoms with Gasteiger partial charge in [0.15, 0.2) is 0 Å². The standard InChI is InChI=1S/C26H31N5O3/c1-19-12-14-29(15-13-19)22(32)18-30(16-20-8-4-2-5-9-20)23-24(27)31(26(34)28-25(23)33)17-21-10-6-3-7-11-21/h2-11,19H,12-18,27H2,1H3,(H,28,33,34). The molecule has 0 saturated carbocycles. The molecule has 0 unspecified atom stereocenters. The molecule has 1 saturated heterocycles. The third kappa shape index (κ3) is 5.39. The first-order valence-corrected chi connectivity index (χ1v) is 11.7. The molecule has 1 fully saturated rings. The Morgan fingerprint density at radius 2 is 1.59 bits per heavy atom. The van der Waals surface area contributed by atoms with Crippen molar-refractivity contribution in [2.24, 2.45) is 5.92 Å². The molecule has 1 aliphatic rings. The summed E-state index contributed by atoms with van der Waals surface area (Å²) in [5.41, 5.74) is 7.21. The Morgan fingerprint density at radius 3 is 2.21 bits per heavy atom. The van der Waals surface area contributed by atoms with Crippen LogP contribution in [0.15, 0.2) is 70.3 Å². The number of nitrogens with one attached hydrogen (secondary N) is 1. The highest BCUT2D eigenvalue weighted by Gasteiger charge is 2.26. The van der Waals surface area contributed by atoms with E-state index in [0.717, 1.165) is 24.0 Å². The number of aromatic amines is 1. The minimum absolute atomic E-state index is 0.0000953. The lowest BCUT2D eigenvalue weighted by Gasteiger charge is -2.33. The van der Waals surface area contributed by atoms with E-state index in [0.29, 0.717) is 25.6 Å². The minimum Gasteiger partial charge on any atom is -0.383 e. The molecular weight excluding hydrogens is 430 g/mol. The van der Waals surface area contributed by atoms with E-state index < -0.39 is 11.2 Å². The van der Waals surface area contributed by atoms with Crippen LogP contribution in [0.3, 0.4) is 0 Å². The number of carbonyl (C=O) groups is 1. The van der Waals surface area contributed by atoms with Gasteiger partial charge in [0.2, 0.25) is 5.91 Å². The number of nitrogens with two attached hydrogens (primary N) is 1. The Morgan fingerprint density at radius 1 is 1.00 bits per heavy atom. The van der Waals surface area contributed by atoms with Crippen LogP contribution in [0.5, 0.6) is 0 Å². The third-order valence-corrected chi connectivity index (χ3v) is 6.39. The summed E-state index contributed by atoms with van der Waals surface area (Å²) in [5, 5.41) is 0. The molecule has 0 aliphatic carbocycles. The largest absolute Gasteiger partial charge is 0.383 e. The lowest BCUT2D eigenvalue weighted by molar-refractivity contribution is -0.131. The van der Waals surface area contributed by atoms with E-state index in [4.69, 9.17) is 5.73 Å². The molecule has 2 heterocycles. The van der Waals surface area contributed by atoms with E-state index >= 15 is 0 Å². The third-order valence-electron chi connectivity index (χ3n) is 6.39. The quantitative estimate of drug-likeness (QED) is 0.562. The molecule has 2 aromatic carbocycles. The number of hydrogen-bond donors (Lipinski definition) is 2. The van der Waals surface area contributed by atoms with Gasteiger partial charge in [-0.15, -0.1) is 0 Å². The van der Waals surface area contributed by atoms with E-state index in [9.17, 15) is 14.4 Å². The number of hydrogen-bond acceptors (Lipinski definition) is 5.